The zero-order valence-electron chi connectivity index (χ0n) is 20.6. The second kappa shape index (κ2) is 12.4. The third kappa shape index (κ3) is 7.43. The molecule has 3 rings (SSSR count). The molecule has 2 aromatic rings. The van der Waals surface area contributed by atoms with Gasteiger partial charge in [0.25, 0.3) is 0 Å². The van der Waals surface area contributed by atoms with Crippen LogP contribution in [0.1, 0.15) is 61.5 Å². The Balaban J connectivity index is 1.61. The first-order valence-electron chi connectivity index (χ1n) is 12.2. The van der Waals surface area contributed by atoms with E-state index in [0.717, 1.165) is 37.4 Å². The maximum atomic E-state index is 14.0. The number of carbonyl (C=O) groups is 1. The number of halogens is 2. The molecular formula is C28H35F2NO4. The smallest absolute Gasteiger partial charge is 0.328 e. The molecule has 0 aromatic heterocycles. The lowest BCUT2D eigenvalue weighted by Gasteiger charge is -2.28. The minimum Gasteiger partial charge on any atom is -0.478 e. The lowest BCUT2D eigenvalue weighted by molar-refractivity contribution is -0.131. The molecule has 0 unspecified atom stereocenters. The molecule has 0 amide bonds. The summed E-state index contributed by atoms with van der Waals surface area (Å²) in [5.41, 5.74) is 3.33. The van der Waals surface area contributed by atoms with Crippen molar-refractivity contribution >= 4 is 11.5 Å². The highest BCUT2D eigenvalue weighted by molar-refractivity contribution is 5.90. The van der Waals surface area contributed by atoms with Gasteiger partial charge in [0.1, 0.15) is 11.6 Å². The van der Waals surface area contributed by atoms with Gasteiger partial charge >= 0.3 is 5.97 Å². The van der Waals surface area contributed by atoms with E-state index in [1.54, 1.807) is 32.0 Å². The van der Waals surface area contributed by atoms with E-state index in [-0.39, 0.29) is 18.5 Å². The van der Waals surface area contributed by atoms with Gasteiger partial charge < -0.3 is 14.9 Å². The van der Waals surface area contributed by atoms with Crippen molar-refractivity contribution in [2.75, 3.05) is 19.7 Å². The predicted molar refractivity (Wildman–Crippen MR) is 132 cm³/mol. The minimum absolute atomic E-state index is 0.0591. The van der Waals surface area contributed by atoms with Crippen LogP contribution in [0.15, 0.2) is 42.5 Å². The summed E-state index contributed by atoms with van der Waals surface area (Å²) in [6, 6.07) is 9.80. The molecule has 0 aliphatic carbocycles. The van der Waals surface area contributed by atoms with Crippen molar-refractivity contribution < 1.29 is 28.5 Å². The van der Waals surface area contributed by atoms with Crippen molar-refractivity contribution in [3.63, 3.8) is 0 Å². The van der Waals surface area contributed by atoms with E-state index >= 15 is 0 Å². The highest BCUT2D eigenvalue weighted by atomic mass is 19.1. The van der Waals surface area contributed by atoms with Gasteiger partial charge in [0.15, 0.2) is 0 Å². The quantitative estimate of drug-likeness (QED) is 0.421. The van der Waals surface area contributed by atoms with Crippen molar-refractivity contribution in [1.82, 2.24) is 4.90 Å². The van der Waals surface area contributed by atoms with Gasteiger partial charge in [-0.25, -0.2) is 13.6 Å². The SMILES string of the molecule is CC/C(=C\C(=O)O)c1ccc(F)cc1[C@@H](C)OC[C@@H](O)CN1CCC[C@H]1Cc1ccc(C)c(F)c1. The van der Waals surface area contributed by atoms with Crippen LogP contribution >= 0.6 is 0 Å². The number of nitrogens with zero attached hydrogens (tertiary/aromatic N) is 1. The number of aliphatic hydroxyl groups excluding tert-OH is 1. The number of carboxylic acids is 1. The Labute approximate surface area is 206 Å². The Kier molecular flexibility index (Phi) is 9.55. The monoisotopic (exact) mass is 487 g/mol. The molecule has 0 bridgehead atoms. The third-order valence-corrected chi connectivity index (χ3v) is 6.67. The summed E-state index contributed by atoms with van der Waals surface area (Å²) in [5.74, 6) is -1.69. The van der Waals surface area contributed by atoms with Gasteiger partial charge in [0.2, 0.25) is 0 Å². The Bertz CT molecular complexity index is 1060. The molecule has 0 radical (unpaired) electrons. The number of β-amino-alcohol motifs (C(OH)–C–C–N with tert-alkyl or cyclic N) is 1. The lowest BCUT2D eigenvalue weighted by atomic mass is 9.94. The van der Waals surface area contributed by atoms with Crippen LogP contribution in [-0.2, 0) is 16.0 Å². The van der Waals surface area contributed by atoms with E-state index in [2.05, 4.69) is 4.90 Å². The molecule has 1 heterocycles. The normalized spacial score (nSPS) is 18.6. The van der Waals surface area contributed by atoms with Crippen molar-refractivity contribution in [3.8, 4) is 0 Å². The van der Waals surface area contributed by atoms with E-state index in [0.29, 0.717) is 35.2 Å². The zero-order valence-corrected chi connectivity index (χ0v) is 20.6. The van der Waals surface area contributed by atoms with Crippen LogP contribution in [0.25, 0.3) is 5.57 Å². The largest absolute Gasteiger partial charge is 0.478 e. The molecule has 2 N–H and O–H groups in total. The zero-order chi connectivity index (χ0) is 25.5. The van der Waals surface area contributed by atoms with E-state index < -0.39 is 24.0 Å². The van der Waals surface area contributed by atoms with Crippen LogP contribution in [0.5, 0.6) is 0 Å². The van der Waals surface area contributed by atoms with Gasteiger partial charge in [0, 0.05) is 18.7 Å². The van der Waals surface area contributed by atoms with Crippen molar-refractivity contribution in [2.24, 2.45) is 0 Å². The highest BCUT2D eigenvalue weighted by Crippen LogP contribution is 2.30. The number of hydrogen-bond donors (Lipinski definition) is 2. The first-order valence-corrected chi connectivity index (χ1v) is 12.2. The van der Waals surface area contributed by atoms with Gasteiger partial charge in [-0.3, -0.25) is 4.90 Å². The molecule has 1 aliphatic rings. The van der Waals surface area contributed by atoms with Crippen LogP contribution in [0.4, 0.5) is 8.78 Å². The molecule has 35 heavy (non-hydrogen) atoms. The number of allylic oxidation sites excluding steroid dienone is 1. The Morgan fingerprint density at radius 1 is 1.26 bits per heavy atom. The second-order valence-corrected chi connectivity index (χ2v) is 9.30. The van der Waals surface area contributed by atoms with Crippen LogP contribution in [0, 0.1) is 18.6 Å². The molecule has 3 atom stereocenters. The van der Waals surface area contributed by atoms with Gasteiger partial charge in [-0.15, -0.1) is 0 Å². The van der Waals surface area contributed by atoms with Crippen molar-refractivity contribution in [3.05, 3.63) is 76.4 Å². The number of hydrogen-bond acceptors (Lipinski definition) is 4. The van der Waals surface area contributed by atoms with E-state index in [4.69, 9.17) is 4.74 Å². The summed E-state index contributed by atoms with van der Waals surface area (Å²) in [6.07, 6.45) is 3.05. The first-order chi connectivity index (χ1) is 16.7. The second-order valence-electron chi connectivity index (χ2n) is 9.30. The molecule has 1 aliphatic heterocycles. The number of benzene rings is 2. The van der Waals surface area contributed by atoms with Gasteiger partial charge in [0.05, 0.1) is 18.8 Å². The van der Waals surface area contributed by atoms with Crippen LogP contribution in [-0.4, -0.2) is 52.9 Å². The summed E-state index contributed by atoms with van der Waals surface area (Å²) in [5, 5.41) is 19.9. The molecule has 7 heteroatoms. The molecule has 0 saturated carbocycles. The molecule has 5 nitrogen and oxygen atoms in total. The van der Waals surface area contributed by atoms with E-state index in [9.17, 15) is 23.8 Å². The van der Waals surface area contributed by atoms with Crippen LogP contribution in [0.3, 0.4) is 0 Å². The van der Waals surface area contributed by atoms with Crippen molar-refractivity contribution in [1.29, 1.82) is 0 Å². The molecular weight excluding hydrogens is 452 g/mol. The minimum atomic E-state index is -1.06. The fraction of sp³-hybridized carbons (Fsp3) is 0.464. The van der Waals surface area contributed by atoms with Crippen LogP contribution in [0.2, 0.25) is 0 Å². The molecule has 190 valence electrons. The molecule has 1 fully saturated rings. The van der Waals surface area contributed by atoms with E-state index in [1.165, 1.54) is 12.1 Å². The summed E-state index contributed by atoms with van der Waals surface area (Å²) < 4.78 is 33.9. The number of aliphatic carboxylic acids is 1. The topological polar surface area (TPSA) is 70.0 Å². The Hall–Kier alpha value is -2.61. The number of rotatable bonds is 11. The fourth-order valence-electron chi connectivity index (χ4n) is 4.75. The number of carboxylic acid groups (broad SMARTS) is 1. The first kappa shape index (κ1) is 27.0. The van der Waals surface area contributed by atoms with Gasteiger partial charge in [-0.2, -0.15) is 0 Å². The Morgan fingerprint density at radius 2 is 2.03 bits per heavy atom. The average Bonchev–Trinajstić information content (AvgIpc) is 3.24. The van der Waals surface area contributed by atoms with Gasteiger partial charge in [-0.1, -0.05) is 25.1 Å². The number of aliphatic hydroxyl groups is 1. The lowest BCUT2D eigenvalue weighted by Crippen LogP contribution is -2.39. The summed E-state index contributed by atoms with van der Waals surface area (Å²) >= 11 is 0. The van der Waals surface area contributed by atoms with Gasteiger partial charge in [-0.05, 0) is 92.1 Å². The summed E-state index contributed by atoms with van der Waals surface area (Å²) in [6.45, 7) is 6.71. The van der Waals surface area contributed by atoms with Crippen molar-refractivity contribution in [2.45, 2.75) is 64.7 Å². The predicted octanol–water partition coefficient (Wildman–Crippen LogP) is 5.30. The maximum absolute atomic E-state index is 14.0. The number of likely N-dealkylation sites (tertiary alicyclic amines) is 1. The standard InChI is InChI=1S/C28H35F2NO4/c1-4-21(14-28(33)34)25-10-9-22(29)15-26(25)19(3)35-17-24(32)16-31-11-5-6-23(31)12-20-8-7-18(2)27(30)13-20/h7-10,13-15,19,23-24,32H,4-6,11-12,16-17H2,1-3H3,(H,33,34)/b21-14+/t19-,23+,24+/m1/s1. The highest BCUT2D eigenvalue weighted by Gasteiger charge is 2.27. The third-order valence-electron chi connectivity index (χ3n) is 6.67. The molecule has 2 aromatic carbocycles. The van der Waals surface area contributed by atoms with Crippen LogP contribution < -0.4 is 0 Å². The number of ether oxygens (including phenoxy) is 1. The fourth-order valence-corrected chi connectivity index (χ4v) is 4.75. The van der Waals surface area contributed by atoms with E-state index in [1.807, 2.05) is 13.0 Å². The molecule has 1 saturated heterocycles. The number of aryl methyl sites for hydroxylation is 1. The summed E-state index contributed by atoms with van der Waals surface area (Å²) in [7, 11) is 0. The summed E-state index contributed by atoms with van der Waals surface area (Å²) in [4.78, 5) is 13.4. The average molecular weight is 488 g/mol. The maximum Gasteiger partial charge on any atom is 0.328 e. The molecule has 0 spiro atoms. The Morgan fingerprint density at radius 3 is 2.71 bits per heavy atom.